The van der Waals surface area contributed by atoms with E-state index >= 15 is 0 Å². The van der Waals surface area contributed by atoms with Crippen LogP contribution in [-0.2, 0) is 17.8 Å². The average Bonchev–Trinajstić information content (AvgIpc) is 3.08. The van der Waals surface area contributed by atoms with Gasteiger partial charge in [0.2, 0.25) is 0 Å². The van der Waals surface area contributed by atoms with E-state index in [2.05, 4.69) is 20.5 Å². The van der Waals surface area contributed by atoms with Crippen LogP contribution in [0.15, 0.2) is 6.20 Å². The Morgan fingerprint density at radius 1 is 1.32 bits per heavy atom. The Morgan fingerprint density at radius 3 is 3.05 bits per heavy atom. The Morgan fingerprint density at radius 2 is 2.18 bits per heavy atom. The Hall–Kier alpha value is -1.67. The Kier molecular flexibility index (Phi) is 3.71. The van der Waals surface area contributed by atoms with Crippen LogP contribution < -0.4 is 5.32 Å². The second kappa shape index (κ2) is 5.85. The monoisotopic (exact) mass is 306 g/mol. The number of carbonyl (C=O) groups excluding carboxylic acids is 1. The fourth-order valence-electron chi connectivity index (χ4n) is 3.55. The number of aromatic nitrogens is 3. The molecule has 0 radical (unpaired) electrons. The molecule has 0 aliphatic carbocycles. The lowest BCUT2D eigenvalue weighted by Gasteiger charge is -2.30. The summed E-state index contributed by atoms with van der Waals surface area (Å²) in [6.45, 7) is 5.87. The molecule has 1 aromatic rings. The van der Waals surface area contributed by atoms with Crippen molar-refractivity contribution in [2.45, 2.75) is 38.0 Å². The quantitative estimate of drug-likeness (QED) is 0.824. The molecule has 120 valence electrons. The van der Waals surface area contributed by atoms with Gasteiger partial charge in [0.25, 0.3) is 0 Å². The average molecular weight is 306 g/mol. The number of nitrogens with one attached hydrogen (secondary N) is 1. The molecule has 8 heteroatoms. The number of piperidine rings is 1. The van der Waals surface area contributed by atoms with Gasteiger partial charge in [0.15, 0.2) is 0 Å². The van der Waals surface area contributed by atoms with Crippen molar-refractivity contribution < 1.29 is 9.53 Å². The minimum Gasteiger partial charge on any atom is -0.379 e. The summed E-state index contributed by atoms with van der Waals surface area (Å²) in [7, 11) is 0. The first-order valence-electron chi connectivity index (χ1n) is 8.04. The van der Waals surface area contributed by atoms with Crippen molar-refractivity contribution in [2.24, 2.45) is 0 Å². The van der Waals surface area contributed by atoms with Crippen molar-refractivity contribution in [2.75, 3.05) is 32.8 Å². The molecule has 0 spiro atoms. The molecule has 22 heavy (non-hydrogen) atoms. The van der Waals surface area contributed by atoms with Gasteiger partial charge in [-0.25, -0.2) is 4.79 Å². The van der Waals surface area contributed by atoms with Crippen LogP contribution in [0.1, 0.15) is 18.5 Å². The van der Waals surface area contributed by atoms with Gasteiger partial charge in [-0.05, 0) is 12.8 Å². The van der Waals surface area contributed by atoms with E-state index in [1.165, 1.54) is 0 Å². The van der Waals surface area contributed by atoms with Gasteiger partial charge >= 0.3 is 6.03 Å². The second-order valence-electron chi connectivity index (χ2n) is 6.35. The molecule has 3 saturated heterocycles. The summed E-state index contributed by atoms with van der Waals surface area (Å²) in [6.07, 6.45) is 4.10. The van der Waals surface area contributed by atoms with Crippen LogP contribution in [-0.4, -0.2) is 75.8 Å². The van der Waals surface area contributed by atoms with Crippen LogP contribution in [0.25, 0.3) is 0 Å². The predicted octanol–water partition coefficient (Wildman–Crippen LogP) is -0.333. The van der Waals surface area contributed by atoms with Crippen LogP contribution in [0.5, 0.6) is 0 Å². The van der Waals surface area contributed by atoms with E-state index in [4.69, 9.17) is 4.74 Å². The van der Waals surface area contributed by atoms with Crippen molar-refractivity contribution in [3.05, 3.63) is 11.9 Å². The number of morpholine rings is 1. The maximum absolute atomic E-state index is 11.9. The molecule has 0 unspecified atom stereocenters. The second-order valence-corrected chi connectivity index (χ2v) is 6.35. The minimum atomic E-state index is 0.0705. The Labute approximate surface area is 129 Å². The summed E-state index contributed by atoms with van der Waals surface area (Å²) < 4.78 is 7.24. The molecular formula is C14H22N6O2. The molecule has 0 saturated carbocycles. The first-order valence-corrected chi connectivity index (χ1v) is 8.04. The third-order valence-electron chi connectivity index (χ3n) is 4.77. The van der Waals surface area contributed by atoms with Crippen LogP contribution in [0, 0.1) is 0 Å². The lowest BCUT2D eigenvalue weighted by Crippen LogP contribution is -2.42. The van der Waals surface area contributed by atoms with Crippen molar-refractivity contribution >= 4 is 6.03 Å². The Bertz CT molecular complexity index is 541. The molecule has 4 rings (SSSR count). The minimum absolute atomic E-state index is 0.0705. The van der Waals surface area contributed by atoms with E-state index in [1.807, 2.05) is 15.8 Å². The van der Waals surface area contributed by atoms with E-state index in [0.717, 1.165) is 64.5 Å². The Balaban J connectivity index is 1.36. The lowest BCUT2D eigenvalue weighted by molar-refractivity contribution is 0.0336. The molecular weight excluding hydrogens is 284 g/mol. The molecule has 3 fully saturated rings. The standard InChI is InChI=1S/C14H22N6O2/c21-14-15-11-1-2-13(20(14)9-11)10-19-8-12(16-17-19)7-18-3-5-22-6-4-18/h8,11,13H,1-7,9-10H2,(H,15,21)/t11-,13+/m1/s1. The lowest BCUT2D eigenvalue weighted by atomic mass is 10.0. The first kappa shape index (κ1) is 14.0. The van der Waals surface area contributed by atoms with Gasteiger partial charge in [0.05, 0.1) is 31.5 Å². The topological polar surface area (TPSA) is 75.5 Å². The first-order chi connectivity index (χ1) is 10.8. The smallest absolute Gasteiger partial charge is 0.318 e. The maximum Gasteiger partial charge on any atom is 0.318 e. The van der Waals surface area contributed by atoms with Gasteiger partial charge in [0.1, 0.15) is 0 Å². The van der Waals surface area contributed by atoms with Gasteiger partial charge in [0, 0.05) is 38.4 Å². The zero-order valence-corrected chi connectivity index (χ0v) is 12.6. The summed E-state index contributed by atoms with van der Waals surface area (Å²) in [5.41, 5.74) is 0.987. The number of hydrogen-bond acceptors (Lipinski definition) is 5. The van der Waals surface area contributed by atoms with Crippen molar-refractivity contribution in [1.29, 1.82) is 0 Å². The molecule has 0 aromatic carbocycles. The highest BCUT2D eigenvalue weighted by atomic mass is 16.5. The van der Waals surface area contributed by atoms with E-state index in [-0.39, 0.29) is 12.1 Å². The number of fused-ring (bicyclic) bond motifs is 2. The zero-order valence-electron chi connectivity index (χ0n) is 12.6. The summed E-state index contributed by atoms with van der Waals surface area (Å²) in [5.74, 6) is 0. The molecule has 2 bridgehead atoms. The molecule has 8 nitrogen and oxygen atoms in total. The van der Waals surface area contributed by atoms with E-state index in [1.54, 1.807) is 0 Å². The molecule has 1 aromatic heterocycles. The third-order valence-corrected chi connectivity index (χ3v) is 4.77. The molecule has 4 heterocycles. The number of carbonyl (C=O) groups is 1. The van der Waals surface area contributed by atoms with Crippen LogP contribution >= 0.6 is 0 Å². The van der Waals surface area contributed by atoms with E-state index < -0.39 is 0 Å². The van der Waals surface area contributed by atoms with Crippen LogP contribution in [0.2, 0.25) is 0 Å². The normalized spacial score (nSPS) is 28.9. The predicted molar refractivity (Wildman–Crippen MR) is 78.2 cm³/mol. The van der Waals surface area contributed by atoms with Gasteiger partial charge in [-0.2, -0.15) is 0 Å². The van der Waals surface area contributed by atoms with E-state index in [0.29, 0.717) is 6.04 Å². The fourth-order valence-corrected chi connectivity index (χ4v) is 3.55. The number of hydrogen-bond donors (Lipinski definition) is 1. The maximum atomic E-state index is 11.9. The zero-order chi connectivity index (χ0) is 14.9. The molecule has 1 N–H and O–H groups in total. The number of urea groups is 1. The van der Waals surface area contributed by atoms with Gasteiger partial charge in [-0.15, -0.1) is 5.10 Å². The van der Waals surface area contributed by atoms with Gasteiger partial charge in [-0.1, -0.05) is 5.21 Å². The van der Waals surface area contributed by atoms with Crippen LogP contribution in [0.3, 0.4) is 0 Å². The highest BCUT2D eigenvalue weighted by molar-refractivity contribution is 5.77. The summed E-state index contributed by atoms with van der Waals surface area (Å²) >= 11 is 0. The molecule has 3 aliphatic heterocycles. The van der Waals surface area contributed by atoms with Crippen LogP contribution in [0.4, 0.5) is 4.79 Å². The summed E-state index contributed by atoms with van der Waals surface area (Å²) in [6, 6.07) is 0.647. The molecule has 2 amide bonds. The van der Waals surface area contributed by atoms with Crippen molar-refractivity contribution in [3.63, 3.8) is 0 Å². The highest BCUT2D eigenvalue weighted by Crippen LogP contribution is 2.23. The fraction of sp³-hybridized carbons (Fsp3) is 0.786. The highest BCUT2D eigenvalue weighted by Gasteiger charge is 2.38. The van der Waals surface area contributed by atoms with Gasteiger partial charge in [-0.3, -0.25) is 9.58 Å². The third kappa shape index (κ3) is 2.80. The van der Waals surface area contributed by atoms with Crippen molar-refractivity contribution in [3.8, 4) is 0 Å². The van der Waals surface area contributed by atoms with E-state index in [9.17, 15) is 4.79 Å². The number of amides is 2. The molecule has 3 aliphatic rings. The summed E-state index contributed by atoms with van der Waals surface area (Å²) in [5, 5.41) is 11.5. The SMILES string of the molecule is O=C1N[C@@H]2CC[C@@H](Cn3cc(CN4CCOCC4)nn3)N1C2. The number of nitrogens with zero attached hydrogens (tertiary/aromatic N) is 5. The largest absolute Gasteiger partial charge is 0.379 e. The number of ether oxygens (including phenoxy) is 1. The van der Waals surface area contributed by atoms with Gasteiger partial charge < -0.3 is 15.0 Å². The molecule has 2 atom stereocenters. The summed E-state index contributed by atoms with van der Waals surface area (Å²) in [4.78, 5) is 16.1. The van der Waals surface area contributed by atoms with Crippen molar-refractivity contribution in [1.82, 2.24) is 30.1 Å². The number of rotatable bonds is 4.